The van der Waals surface area contributed by atoms with Crippen LogP contribution in [0.15, 0.2) is 39.6 Å². The predicted octanol–water partition coefficient (Wildman–Crippen LogP) is 3.59. The van der Waals surface area contributed by atoms with Gasteiger partial charge in [0.05, 0.1) is 22.6 Å². The molecule has 0 N–H and O–H groups in total. The Morgan fingerprint density at radius 2 is 2.07 bits per heavy atom. The van der Waals surface area contributed by atoms with E-state index in [4.69, 9.17) is 4.52 Å². The first-order valence-corrected chi connectivity index (χ1v) is 9.04. The largest absolute Gasteiger partial charge is 0.406 e. The number of alkyl halides is 3. The number of hydrogen-bond donors (Lipinski definition) is 0. The molecule has 148 valence electrons. The number of aromatic nitrogens is 3. The van der Waals surface area contributed by atoms with Gasteiger partial charge in [0.1, 0.15) is 18.1 Å². The average molecular weight is 392 g/mol. The Morgan fingerprint density at radius 3 is 2.79 bits per heavy atom. The molecular formula is C19H19F3N4O2. The normalized spacial score (nSPS) is 18.2. The maximum absolute atomic E-state index is 13.2. The van der Waals surface area contributed by atoms with E-state index in [1.165, 1.54) is 6.07 Å². The number of fused-ring (bicyclic) bond motifs is 1. The van der Waals surface area contributed by atoms with E-state index in [1.807, 2.05) is 4.90 Å². The standard InChI is InChI=1S/C19H19F3N4O2/c1-12-9-13(24-28-12)10-25-8-4-7-16(25)17-23-15-6-3-2-5-14(15)18(27)26(17)11-19(20,21)22/h2-3,5-6,9,16H,4,7-8,10-11H2,1H3. The Morgan fingerprint density at radius 1 is 1.29 bits per heavy atom. The lowest BCUT2D eigenvalue weighted by Crippen LogP contribution is -2.35. The second-order valence-corrected chi connectivity index (χ2v) is 7.05. The maximum Gasteiger partial charge on any atom is 0.406 e. The Labute approximate surface area is 158 Å². The molecule has 1 aliphatic heterocycles. The Balaban J connectivity index is 1.79. The first kappa shape index (κ1) is 18.7. The number of nitrogens with zero attached hydrogens (tertiary/aromatic N) is 4. The Kier molecular flexibility index (Phi) is 4.70. The van der Waals surface area contributed by atoms with E-state index in [0.29, 0.717) is 36.5 Å². The van der Waals surface area contributed by atoms with Crippen molar-refractivity contribution in [1.29, 1.82) is 0 Å². The van der Waals surface area contributed by atoms with E-state index in [1.54, 1.807) is 31.2 Å². The summed E-state index contributed by atoms with van der Waals surface area (Å²) < 4.78 is 45.5. The highest BCUT2D eigenvalue weighted by atomic mass is 19.4. The van der Waals surface area contributed by atoms with Crippen LogP contribution in [0.1, 0.15) is 36.2 Å². The molecular weight excluding hydrogens is 373 g/mol. The summed E-state index contributed by atoms with van der Waals surface area (Å²) in [7, 11) is 0. The molecule has 1 atom stereocenters. The third-order valence-corrected chi connectivity index (χ3v) is 4.93. The van der Waals surface area contributed by atoms with Crippen molar-refractivity contribution >= 4 is 10.9 Å². The van der Waals surface area contributed by atoms with Crippen molar-refractivity contribution in [3.63, 3.8) is 0 Å². The molecule has 0 spiro atoms. The lowest BCUT2D eigenvalue weighted by molar-refractivity contribution is -0.142. The van der Waals surface area contributed by atoms with Crippen molar-refractivity contribution in [3.8, 4) is 0 Å². The van der Waals surface area contributed by atoms with Crippen molar-refractivity contribution in [2.24, 2.45) is 0 Å². The minimum absolute atomic E-state index is 0.152. The van der Waals surface area contributed by atoms with E-state index < -0.39 is 24.3 Å². The molecule has 1 fully saturated rings. The van der Waals surface area contributed by atoms with Gasteiger partial charge in [-0.2, -0.15) is 13.2 Å². The zero-order chi connectivity index (χ0) is 19.9. The molecule has 28 heavy (non-hydrogen) atoms. The first-order valence-electron chi connectivity index (χ1n) is 9.04. The van der Waals surface area contributed by atoms with Gasteiger partial charge in [-0.3, -0.25) is 14.3 Å². The summed E-state index contributed by atoms with van der Waals surface area (Å²) in [4.78, 5) is 19.3. The summed E-state index contributed by atoms with van der Waals surface area (Å²) in [5.41, 5.74) is 0.446. The quantitative estimate of drug-likeness (QED) is 0.679. The lowest BCUT2D eigenvalue weighted by Gasteiger charge is -2.26. The van der Waals surface area contributed by atoms with Gasteiger partial charge in [0.2, 0.25) is 0 Å². The van der Waals surface area contributed by atoms with Gasteiger partial charge in [0.25, 0.3) is 5.56 Å². The smallest absolute Gasteiger partial charge is 0.361 e. The fourth-order valence-corrected chi connectivity index (χ4v) is 3.78. The highest BCUT2D eigenvalue weighted by Gasteiger charge is 2.35. The van der Waals surface area contributed by atoms with E-state index in [2.05, 4.69) is 10.1 Å². The van der Waals surface area contributed by atoms with Gasteiger partial charge < -0.3 is 4.52 Å². The molecule has 3 heterocycles. The van der Waals surface area contributed by atoms with Crippen molar-refractivity contribution < 1.29 is 17.7 Å². The highest BCUT2D eigenvalue weighted by molar-refractivity contribution is 5.77. The third kappa shape index (κ3) is 3.66. The highest BCUT2D eigenvalue weighted by Crippen LogP contribution is 2.33. The van der Waals surface area contributed by atoms with Crippen LogP contribution in [0.4, 0.5) is 13.2 Å². The zero-order valence-corrected chi connectivity index (χ0v) is 15.2. The molecule has 2 aromatic heterocycles. The van der Waals surface area contributed by atoms with Crippen molar-refractivity contribution in [2.75, 3.05) is 6.54 Å². The van der Waals surface area contributed by atoms with E-state index in [9.17, 15) is 18.0 Å². The molecule has 0 bridgehead atoms. The molecule has 0 saturated carbocycles. The topological polar surface area (TPSA) is 64.2 Å². The van der Waals surface area contributed by atoms with Crippen molar-refractivity contribution in [2.45, 2.75) is 45.1 Å². The summed E-state index contributed by atoms with van der Waals surface area (Å²) in [5, 5.41) is 4.16. The third-order valence-electron chi connectivity index (χ3n) is 4.93. The van der Waals surface area contributed by atoms with Crippen LogP contribution in [0.2, 0.25) is 0 Å². The van der Waals surface area contributed by atoms with Gasteiger partial charge in [-0.15, -0.1) is 0 Å². The summed E-state index contributed by atoms with van der Waals surface area (Å²) in [6.45, 7) is 1.54. The molecule has 6 nitrogen and oxygen atoms in total. The van der Waals surface area contributed by atoms with Crippen LogP contribution in [0, 0.1) is 6.92 Å². The molecule has 0 radical (unpaired) electrons. The first-order chi connectivity index (χ1) is 13.3. The van der Waals surface area contributed by atoms with Gasteiger partial charge in [-0.25, -0.2) is 4.98 Å². The summed E-state index contributed by atoms with van der Waals surface area (Å²) in [6, 6.07) is 7.91. The molecule has 0 amide bonds. The Hall–Kier alpha value is -2.68. The van der Waals surface area contributed by atoms with Crippen molar-refractivity contribution in [3.05, 3.63) is 58.0 Å². The monoisotopic (exact) mass is 392 g/mol. The Bertz CT molecular complexity index is 1060. The number of benzene rings is 1. The van der Waals surface area contributed by atoms with Crippen LogP contribution >= 0.6 is 0 Å². The van der Waals surface area contributed by atoms with Crippen LogP contribution < -0.4 is 5.56 Å². The fraction of sp³-hybridized carbons (Fsp3) is 0.421. The number of aryl methyl sites for hydroxylation is 1. The molecule has 4 rings (SSSR count). The van der Waals surface area contributed by atoms with Gasteiger partial charge in [0, 0.05) is 12.6 Å². The molecule has 1 aliphatic rings. The van der Waals surface area contributed by atoms with E-state index in [-0.39, 0.29) is 11.2 Å². The summed E-state index contributed by atoms with van der Waals surface area (Å²) in [5.74, 6) is 0.822. The molecule has 1 saturated heterocycles. The molecule has 3 aromatic rings. The molecule has 9 heteroatoms. The minimum atomic E-state index is -4.52. The van der Waals surface area contributed by atoms with Gasteiger partial charge in [-0.1, -0.05) is 17.3 Å². The summed E-state index contributed by atoms with van der Waals surface area (Å²) >= 11 is 0. The molecule has 1 unspecified atom stereocenters. The van der Waals surface area contributed by atoms with E-state index in [0.717, 1.165) is 11.0 Å². The van der Waals surface area contributed by atoms with Gasteiger partial charge in [0.15, 0.2) is 0 Å². The number of para-hydroxylation sites is 1. The zero-order valence-electron chi connectivity index (χ0n) is 15.2. The fourth-order valence-electron chi connectivity index (χ4n) is 3.78. The second-order valence-electron chi connectivity index (χ2n) is 7.05. The van der Waals surface area contributed by atoms with Crippen LogP contribution in [-0.4, -0.2) is 32.3 Å². The van der Waals surface area contributed by atoms with Crippen LogP contribution in [-0.2, 0) is 13.1 Å². The molecule has 0 aliphatic carbocycles. The molecule has 1 aromatic carbocycles. The van der Waals surface area contributed by atoms with E-state index >= 15 is 0 Å². The second kappa shape index (κ2) is 7.05. The summed E-state index contributed by atoms with van der Waals surface area (Å²) in [6.07, 6.45) is -3.09. The SMILES string of the molecule is Cc1cc(CN2CCCC2c2nc3ccccc3c(=O)n2CC(F)(F)F)no1. The van der Waals surface area contributed by atoms with Crippen molar-refractivity contribution in [1.82, 2.24) is 19.6 Å². The minimum Gasteiger partial charge on any atom is -0.361 e. The maximum atomic E-state index is 13.2. The predicted molar refractivity (Wildman–Crippen MR) is 95.7 cm³/mol. The number of halogens is 3. The average Bonchev–Trinajstić information content (AvgIpc) is 3.25. The van der Waals surface area contributed by atoms with Crippen LogP contribution in [0.25, 0.3) is 10.9 Å². The number of rotatable bonds is 4. The van der Waals surface area contributed by atoms with Gasteiger partial charge >= 0.3 is 6.18 Å². The van der Waals surface area contributed by atoms with Gasteiger partial charge in [-0.05, 0) is 38.4 Å². The number of likely N-dealkylation sites (tertiary alicyclic amines) is 1. The number of hydrogen-bond acceptors (Lipinski definition) is 5. The van der Waals surface area contributed by atoms with Crippen LogP contribution in [0.5, 0.6) is 0 Å². The van der Waals surface area contributed by atoms with Crippen LogP contribution in [0.3, 0.4) is 0 Å². The lowest BCUT2D eigenvalue weighted by atomic mass is 10.1.